The summed E-state index contributed by atoms with van der Waals surface area (Å²) >= 11 is 0. The Balaban J connectivity index is 1.87. The predicted octanol–water partition coefficient (Wildman–Crippen LogP) is 2.05. The van der Waals surface area contributed by atoms with Crippen LogP contribution in [0.3, 0.4) is 0 Å². The largest absolute Gasteiger partial charge is 0.481 e. The molecular weight excluding hydrogens is 238 g/mol. The molecule has 0 bridgehead atoms. The summed E-state index contributed by atoms with van der Waals surface area (Å²) in [6, 6.07) is 5.22. The Hall–Kier alpha value is -1.13. The highest BCUT2D eigenvalue weighted by Crippen LogP contribution is 2.15. The average molecular weight is 263 g/mol. The summed E-state index contributed by atoms with van der Waals surface area (Å²) in [7, 11) is 1.65. The molecule has 1 atom stereocenters. The van der Waals surface area contributed by atoms with E-state index in [0.29, 0.717) is 18.0 Å². The molecule has 1 fully saturated rings. The molecule has 106 valence electrons. The summed E-state index contributed by atoms with van der Waals surface area (Å²) in [6.45, 7) is 7.72. The van der Waals surface area contributed by atoms with Crippen LogP contribution in [0.2, 0.25) is 0 Å². The van der Waals surface area contributed by atoms with Crippen molar-refractivity contribution in [2.45, 2.75) is 45.3 Å². The van der Waals surface area contributed by atoms with E-state index in [1.165, 1.54) is 24.9 Å². The third-order valence-corrected chi connectivity index (χ3v) is 3.49. The standard InChI is InChI=1S/C15H25N3O/c1-12(2)17-14-5-4-8-18(11-14)10-13-6-7-15(19-3)16-9-13/h6-7,9,12,14,17H,4-5,8,10-11H2,1-3H3. The van der Waals surface area contributed by atoms with Crippen LogP contribution in [0.4, 0.5) is 0 Å². The molecular formula is C15H25N3O. The van der Waals surface area contributed by atoms with Crippen LogP contribution >= 0.6 is 0 Å². The summed E-state index contributed by atoms with van der Waals surface area (Å²) in [6.07, 6.45) is 4.47. The molecule has 1 aliphatic heterocycles. The minimum Gasteiger partial charge on any atom is -0.481 e. The summed E-state index contributed by atoms with van der Waals surface area (Å²) in [4.78, 5) is 6.77. The number of methoxy groups -OCH3 is 1. The number of pyridine rings is 1. The van der Waals surface area contributed by atoms with Crippen molar-refractivity contribution in [1.29, 1.82) is 0 Å². The van der Waals surface area contributed by atoms with Crippen LogP contribution in [-0.2, 0) is 6.54 Å². The third kappa shape index (κ3) is 4.48. The van der Waals surface area contributed by atoms with Gasteiger partial charge in [-0.25, -0.2) is 4.98 Å². The Bertz CT molecular complexity index is 377. The number of hydrogen-bond acceptors (Lipinski definition) is 4. The first-order valence-corrected chi connectivity index (χ1v) is 7.14. The summed E-state index contributed by atoms with van der Waals surface area (Å²) in [5.41, 5.74) is 1.26. The maximum atomic E-state index is 5.09. The Kier molecular flexibility index (Phi) is 5.16. The van der Waals surface area contributed by atoms with E-state index in [1.807, 2.05) is 12.3 Å². The van der Waals surface area contributed by atoms with Crippen LogP contribution < -0.4 is 10.1 Å². The second-order valence-corrected chi connectivity index (χ2v) is 5.60. The van der Waals surface area contributed by atoms with Crippen LogP contribution in [0.25, 0.3) is 0 Å². The number of nitrogens with zero attached hydrogens (tertiary/aromatic N) is 2. The number of aromatic nitrogens is 1. The van der Waals surface area contributed by atoms with E-state index in [4.69, 9.17) is 4.74 Å². The second kappa shape index (κ2) is 6.87. The molecule has 1 N–H and O–H groups in total. The number of piperidine rings is 1. The van der Waals surface area contributed by atoms with Gasteiger partial charge < -0.3 is 10.1 Å². The molecule has 0 aliphatic carbocycles. The van der Waals surface area contributed by atoms with Crippen molar-refractivity contribution in [3.63, 3.8) is 0 Å². The van der Waals surface area contributed by atoms with Gasteiger partial charge in [-0.3, -0.25) is 4.90 Å². The van der Waals surface area contributed by atoms with Gasteiger partial charge in [-0.1, -0.05) is 19.9 Å². The average Bonchev–Trinajstić information content (AvgIpc) is 2.39. The van der Waals surface area contributed by atoms with Gasteiger partial charge in [0, 0.05) is 37.4 Å². The second-order valence-electron chi connectivity index (χ2n) is 5.60. The lowest BCUT2D eigenvalue weighted by molar-refractivity contribution is 0.178. The molecule has 4 heteroatoms. The van der Waals surface area contributed by atoms with Crippen molar-refractivity contribution in [3.05, 3.63) is 23.9 Å². The van der Waals surface area contributed by atoms with Gasteiger partial charge in [0.2, 0.25) is 5.88 Å². The van der Waals surface area contributed by atoms with Gasteiger partial charge >= 0.3 is 0 Å². The van der Waals surface area contributed by atoms with E-state index < -0.39 is 0 Å². The van der Waals surface area contributed by atoms with Crippen molar-refractivity contribution < 1.29 is 4.74 Å². The van der Waals surface area contributed by atoms with Gasteiger partial charge in [0.15, 0.2) is 0 Å². The maximum Gasteiger partial charge on any atom is 0.212 e. The predicted molar refractivity (Wildman–Crippen MR) is 77.4 cm³/mol. The van der Waals surface area contributed by atoms with E-state index in [2.05, 4.69) is 35.1 Å². The van der Waals surface area contributed by atoms with E-state index >= 15 is 0 Å². The molecule has 0 amide bonds. The van der Waals surface area contributed by atoms with E-state index in [9.17, 15) is 0 Å². The first-order chi connectivity index (χ1) is 9.17. The Labute approximate surface area is 116 Å². The molecule has 4 nitrogen and oxygen atoms in total. The SMILES string of the molecule is COc1ccc(CN2CCCC(NC(C)C)C2)cn1. The molecule has 0 saturated carbocycles. The molecule has 1 aromatic heterocycles. The molecule has 1 aliphatic rings. The molecule has 1 aromatic rings. The van der Waals surface area contributed by atoms with Crippen LogP contribution in [0, 0.1) is 0 Å². The lowest BCUT2D eigenvalue weighted by Crippen LogP contribution is -2.47. The Morgan fingerprint density at radius 3 is 2.95 bits per heavy atom. The van der Waals surface area contributed by atoms with Gasteiger partial charge in [-0.15, -0.1) is 0 Å². The molecule has 0 aromatic carbocycles. The monoisotopic (exact) mass is 263 g/mol. The Morgan fingerprint density at radius 2 is 2.32 bits per heavy atom. The van der Waals surface area contributed by atoms with Crippen molar-refractivity contribution in [1.82, 2.24) is 15.2 Å². The maximum absolute atomic E-state index is 5.09. The van der Waals surface area contributed by atoms with Crippen molar-refractivity contribution in [2.75, 3.05) is 20.2 Å². The summed E-state index contributed by atoms with van der Waals surface area (Å²) < 4.78 is 5.09. The number of likely N-dealkylation sites (tertiary alicyclic amines) is 1. The molecule has 0 spiro atoms. The van der Waals surface area contributed by atoms with E-state index in [1.54, 1.807) is 7.11 Å². The molecule has 0 radical (unpaired) electrons. The highest BCUT2D eigenvalue weighted by molar-refractivity contribution is 5.17. The fourth-order valence-electron chi connectivity index (χ4n) is 2.69. The van der Waals surface area contributed by atoms with Gasteiger partial charge in [0.05, 0.1) is 7.11 Å². The fraction of sp³-hybridized carbons (Fsp3) is 0.667. The number of nitrogens with one attached hydrogen (secondary N) is 1. The molecule has 19 heavy (non-hydrogen) atoms. The van der Waals surface area contributed by atoms with E-state index in [0.717, 1.165) is 13.1 Å². The number of ether oxygens (including phenoxy) is 1. The highest BCUT2D eigenvalue weighted by Gasteiger charge is 2.20. The molecule has 2 rings (SSSR count). The summed E-state index contributed by atoms with van der Waals surface area (Å²) in [5, 5.41) is 3.64. The molecule has 1 unspecified atom stereocenters. The summed E-state index contributed by atoms with van der Waals surface area (Å²) in [5.74, 6) is 0.682. The minimum absolute atomic E-state index is 0.563. The zero-order chi connectivity index (χ0) is 13.7. The zero-order valence-corrected chi connectivity index (χ0v) is 12.2. The Morgan fingerprint density at radius 1 is 1.47 bits per heavy atom. The molecule has 1 saturated heterocycles. The van der Waals surface area contributed by atoms with Crippen molar-refractivity contribution in [3.8, 4) is 5.88 Å². The van der Waals surface area contributed by atoms with E-state index in [-0.39, 0.29) is 0 Å². The van der Waals surface area contributed by atoms with Gasteiger partial charge in [0.1, 0.15) is 0 Å². The smallest absolute Gasteiger partial charge is 0.212 e. The van der Waals surface area contributed by atoms with Crippen LogP contribution in [-0.4, -0.2) is 42.2 Å². The number of rotatable bonds is 5. The third-order valence-electron chi connectivity index (χ3n) is 3.49. The van der Waals surface area contributed by atoms with Crippen LogP contribution in [0.1, 0.15) is 32.3 Å². The van der Waals surface area contributed by atoms with Crippen molar-refractivity contribution in [2.24, 2.45) is 0 Å². The quantitative estimate of drug-likeness (QED) is 0.882. The highest BCUT2D eigenvalue weighted by atomic mass is 16.5. The minimum atomic E-state index is 0.563. The van der Waals surface area contributed by atoms with Gasteiger partial charge in [-0.05, 0) is 24.9 Å². The van der Waals surface area contributed by atoms with Gasteiger partial charge in [0.25, 0.3) is 0 Å². The normalized spacial score (nSPS) is 20.7. The first-order valence-electron chi connectivity index (χ1n) is 7.14. The topological polar surface area (TPSA) is 37.4 Å². The fourth-order valence-corrected chi connectivity index (χ4v) is 2.69. The van der Waals surface area contributed by atoms with Crippen LogP contribution in [0.5, 0.6) is 5.88 Å². The molecule has 2 heterocycles. The van der Waals surface area contributed by atoms with Crippen molar-refractivity contribution >= 4 is 0 Å². The number of hydrogen-bond donors (Lipinski definition) is 1. The lowest BCUT2D eigenvalue weighted by Gasteiger charge is -2.34. The first kappa shape index (κ1) is 14.3. The van der Waals surface area contributed by atoms with Crippen LogP contribution in [0.15, 0.2) is 18.3 Å². The lowest BCUT2D eigenvalue weighted by atomic mass is 10.0. The van der Waals surface area contributed by atoms with Gasteiger partial charge in [-0.2, -0.15) is 0 Å². The zero-order valence-electron chi connectivity index (χ0n) is 12.2.